The van der Waals surface area contributed by atoms with Crippen molar-refractivity contribution in [2.24, 2.45) is 0 Å². The van der Waals surface area contributed by atoms with Gasteiger partial charge in [0, 0.05) is 45.0 Å². The van der Waals surface area contributed by atoms with Crippen LogP contribution in [0.5, 0.6) is 11.5 Å². The standard InChI is InChI=1S/C16H27N3O3/c1-18(9-12-8-13(20-3)10-19(12)2)11-14-16(22-5)15(21-4)6-7-17-14/h6-7,12-13H,8-11H2,1-5H3/t12-,13-/m0/s1. The summed E-state index contributed by atoms with van der Waals surface area (Å²) in [5, 5.41) is 0. The largest absolute Gasteiger partial charge is 0.493 e. The Kier molecular flexibility index (Phi) is 5.99. The average molecular weight is 309 g/mol. The summed E-state index contributed by atoms with van der Waals surface area (Å²) in [7, 11) is 9.34. The Bertz CT molecular complexity index is 484. The van der Waals surface area contributed by atoms with E-state index < -0.39 is 0 Å². The molecule has 0 N–H and O–H groups in total. The summed E-state index contributed by atoms with van der Waals surface area (Å²) in [5.41, 5.74) is 0.897. The molecule has 6 heteroatoms. The second-order valence-electron chi connectivity index (χ2n) is 5.88. The molecule has 0 unspecified atom stereocenters. The number of pyridine rings is 1. The summed E-state index contributed by atoms with van der Waals surface area (Å²) < 4.78 is 16.2. The average Bonchev–Trinajstić information content (AvgIpc) is 2.87. The van der Waals surface area contributed by atoms with E-state index in [0.29, 0.717) is 17.9 Å². The first-order valence-corrected chi connectivity index (χ1v) is 7.56. The maximum absolute atomic E-state index is 5.47. The van der Waals surface area contributed by atoms with Gasteiger partial charge in [0.15, 0.2) is 11.5 Å². The van der Waals surface area contributed by atoms with Crippen molar-refractivity contribution >= 4 is 0 Å². The lowest BCUT2D eigenvalue weighted by Gasteiger charge is -2.25. The van der Waals surface area contributed by atoms with Crippen molar-refractivity contribution in [3.8, 4) is 11.5 Å². The summed E-state index contributed by atoms with van der Waals surface area (Å²) in [6.07, 6.45) is 3.17. The Morgan fingerprint density at radius 2 is 2.09 bits per heavy atom. The van der Waals surface area contributed by atoms with Gasteiger partial charge in [-0.25, -0.2) is 0 Å². The molecule has 1 fully saturated rings. The van der Waals surface area contributed by atoms with Gasteiger partial charge >= 0.3 is 0 Å². The SMILES string of the molecule is COc1ccnc(CN(C)C[C@@H]2C[C@H](OC)CN2C)c1OC. The van der Waals surface area contributed by atoms with Gasteiger partial charge in [-0.3, -0.25) is 14.8 Å². The van der Waals surface area contributed by atoms with Crippen molar-refractivity contribution in [1.82, 2.24) is 14.8 Å². The van der Waals surface area contributed by atoms with Gasteiger partial charge in [-0.2, -0.15) is 0 Å². The van der Waals surface area contributed by atoms with Crippen LogP contribution in [-0.2, 0) is 11.3 Å². The highest BCUT2D eigenvalue weighted by Gasteiger charge is 2.30. The van der Waals surface area contributed by atoms with Crippen LogP contribution >= 0.6 is 0 Å². The van der Waals surface area contributed by atoms with Crippen molar-refractivity contribution in [3.63, 3.8) is 0 Å². The van der Waals surface area contributed by atoms with Crippen molar-refractivity contribution in [1.29, 1.82) is 0 Å². The van der Waals surface area contributed by atoms with E-state index in [0.717, 1.165) is 37.5 Å². The zero-order valence-electron chi connectivity index (χ0n) is 14.2. The van der Waals surface area contributed by atoms with E-state index in [1.54, 1.807) is 27.5 Å². The van der Waals surface area contributed by atoms with Crippen LogP contribution in [0.1, 0.15) is 12.1 Å². The number of likely N-dealkylation sites (N-methyl/N-ethyl adjacent to an activating group) is 2. The second-order valence-corrected chi connectivity index (χ2v) is 5.88. The molecule has 0 spiro atoms. The highest BCUT2D eigenvalue weighted by molar-refractivity contribution is 5.42. The maximum atomic E-state index is 5.47. The minimum absolute atomic E-state index is 0.341. The molecule has 0 saturated carbocycles. The normalized spacial score (nSPS) is 22.3. The summed E-state index contributed by atoms with van der Waals surface area (Å²) in [4.78, 5) is 9.07. The first-order valence-electron chi connectivity index (χ1n) is 7.56. The first-order chi connectivity index (χ1) is 10.6. The molecule has 1 aromatic heterocycles. The molecular weight excluding hydrogens is 282 g/mol. The van der Waals surface area contributed by atoms with E-state index in [2.05, 4.69) is 28.9 Å². The Balaban J connectivity index is 1.99. The van der Waals surface area contributed by atoms with Crippen molar-refractivity contribution in [3.05, 3.63) is 18.0 Å². The third kappa shape index (κ3) is 3.88. The summed E-state index contributed by atoms with van der Waals surface area (Å²) in [6.45, 7) is 2.69. The topological polar surface area (TPSA) is 47.1 Å². The van der Waals surface area contributed by atoms with Crippen LogP contribution in [0.25, 0.3) is 0 Å². The highest BCUT2D eigenvalue weighted by Crippen LogP contribution is 2.30. The molecule has 1 saturated heterocycles. The smallest absolute Gasteiger partial charge is 0.183 e. The van der Waals surface area contributed by atoms with Crippen LogP contribution in [0, 0.1) is 0 Å². The predicted octanol–water partition coefficient (Wildman–Crippen LogP) is 1.25. The molecule has 0 amide bonds. The maximum Gasteiger partial charge on any atom is 0.183 e. The van der Waals surface area contributed by atoms with Gasteiger partial charge in [-0.1, -0.05) is 0 Å². The fourth-order valence-electron chi connectivity index (χ4n) is 3.06. The Morgan fingerprint density at radius 1 is 1.32 bits per heavy atom. The molecule has 0 aliphatic carbocycles. The number of hydrogen-bond donors (Lipinski definition) is 0. The van der Waals surface area contributed by atoms with Crippen LogP contribution in [0.4, 0.5) is 0 Å². The molecule has 22 heavy (non-hydrogen) atoms. The third-order valence-corrected chi connectivity index (χ3v) is 4.29. The first kappa shape index (κ1) is 17.0. The Labute approximate surface area is 133 Å². The third-order valence-electron chi connectivity index (χ3n) is 4.29. The summed E-state index contributed by atoms with van der Waals surface area (Å²) >= 11 is 0. The van der Waals surface area contributed by atoms with Crippen molar-refractivity contribution in [2.75, 3.05) is 48.5 Å². The van der Waals surface area contributed by atoms with Gasteiger partial charge in [-0.05, 0) is 20.5 Å². The van der Waals surface area contributed by atoms with E-state index in [4.69, 9.17) is 14.2 Å². The number of hydrogen-bond acceptors (Lipinski definition) is 6. The monoisotopic (exact) mass is 309 g/mol. The number of aromatic nitrogens is 1. The number of nitrogens with zero attached hydrogens (tertiary/aromatic N) is 3. The Hall–Kier alpha value is -1.37. The zero-order chi connectivity index (χ0) is 16.1. The highest BCUT2D eigenvalue weighted by atomic mass is 16.5. The molecule has 0 radical (unpaired) electrons. The lowest BCUT2D eigenvalue weighted by molar-refractivity contribution is 0.111. The van der Waals surface area contributed by atoms with Crippen LogP contribution < -0.4 is 9.47 Å². The minimum atomic E-state index is 0.341. The van der Waals surface area contributed by atoms with Gasteiger partial charge in [0.05, 0.1) is 20.3 Å². The number of methoxy groups -OCH3 is 3. The fourth-order valence-corrected chi connectivity index (χ4v) is 3.06. The molecular formula is C16H27N3O3. The molecule has 2 heterocycles. The van der Waals surface area contributed by atoms with Gasteiger partial charge < -0.3 is 14.2 Å². The van der Waals surface area contributed by atoms with Crippen molar-refractivity contribution < 1.29 is 14.2 Å². The van der Waals surface area contributed by atoms with E-state index in [1.807, 2.05) is 6.07 Å². The van der Waals surface area contributed by atoms with Gasteiger partial charge in [0.1, 0.15) is 5.69 Å². The molecule has 0 bridgehead atoms. The Morgan fingerprint density at radius 3 is 2.68 bits per heavy atom. The zero-order valence-corrected chi connectivity index (χ0v) is 14.2. The van der Waals surface area contributed by atoms with Crippen LogP contribution in [0.15, 0.2) is 12.3 Å². The number of rotatable bonds is 7. The van der Waals surface area contributed by atoms with E-state index in [-0.39, 0.29) is 0 Å². The van der Waals surface area contributed by atoms with Crippen LogP contribution in [0.3, 0.4) is 0 Å². The summed E-state index contributed by atoms with van der Waals surface area (Å²) in [5.74, 6) is 1.43. The molecule has 1 aliphatic rings. The van der Waals surface area contributed by atoms with Crippen molar-refractivity contribution in [2.45, 2.75) is 25.1 Å². The van der Waals surface area contributed by atoms with Crippen LogP contribution in [0.2, 0.25) is 0 Å². The number of likely N-dealkylation sites (tertiary alicyclic amines) is 1. The van der Waals surface area contributed by atoms with E-state index in [9.17, 15) is 0 Å². The van der Waals surface area contributed by atoms with E-state index >= 15 is 0 Å². The minimum Gasteiger partial charge on any atom is -0.493 e. The van der Waals surface area contributed by atoms with Crippen LogP contribution in [-0.4, -0.2) is 75.4 Å². The van der Waals surface area contributed by atoms with Gasteiger partial charge in [0.2, 0.25) is 0 Å². The fraction of sp³-hybridized carbons (Fsp3) is 0.688. The molecule has 124 valence electrons. The molecule has 1 aromatic rings. The predicted molar refractivity (Wildman–Crippen MR) is 85.5 cm³/mol. The van der Waals surface area contributed by atoms with Gasteiger partial charge in [-0.15, -0.1) is 0 Å². The molecule has 0 aromatic carbocycles. The lowest BCUT2D eigenvalue weighted by Crippen LogP contribution is -2.36. The molecule has 1 aliphatic heterocycles. The molecule has 2 rings (SSSR count). The number of ether oxygens (including phenoxy) is 3. The van der Waals surface area contributed by atoms with E-state index in [1.165, 1.54) is 0 Å². The quantitative estimate of drug-likeness (QED) is 0.755. The summed E-state index contributed by atoms with van der Waals surface area (Å²) in [6, 6.07) is 2.32. The van der Waals surface area contributed by atoms with Gasteiger partial charge in [0.25, 0.3) is 0 Å². The second kappa shape index (κ2) is 7.76. The lowest BCUT2D eigenvalue weighted by atomic mass is 10.2. The molecule has 2 atom stereocenters. The molecule has 6 nitrogen and oxygen atoms in total.